The number of rotatable bonds is 6. The average Bonchev–Trinajstić information content (AvgIpc) is 2.46. The van der Waals surface area contributed by atoms with Crippen molar-refractivity contribution in [2.24, 2.45) is 0 Å². The van der Waals surface area contributed by atoms with Crippen LogP contribution in [0.5, 0.6) is 0 Å². The molecule has 0 bridgehead atoms. The summed E-state index contributed by atoms with van der Waals surface area (Å²) in [6.07, 6.45) is 0. The number of aliphatic carboxylic acids is 1. The molecule has 0 fully saturated rings. The molecule has 0 aromatic heterocycles. The highest BCUT2D eigenvalue weighted by Gasteiger charge is 2.20. The Hall–Kier alpha value is -1.15. The Morgan fingerprint density at radius 2 is 1.64 bits per heavy atom. The summed E-state index contributed by atoms with van der Waals surface area (Å²) < 4.78 is 25.4. The molecule has 1 rings (SSSR count). The molecule has 0 aliphatic rings. The Balaban J connectivity index is 0.000000626. The number of hydrogen-bond acceptors (Lipinski definition) is 4. The minimum atomic E-state index is -3.75. The number of carboxylic acid groups (broad SMARTS) is 1. The summed E-state index contributed by atoms with van der Waals surface area (Å²) in [6.45, 7) is 3.11. The third-order valence-corrected chi connectivity index (χ3v) is 4.48. The highest BCUT2D eigenvalue weighted by atomic mass is 35.5. The van der Waals surface area contributed by atoms with Gasteiger partial charge in [-0.2, -0.15) is 4.72 Å². The molecule has 0 radical (unpaired) electrons. The lowest BCUT2D eigenvalue weighted by molar-refractivity contribution is -0.138. The zero-order valence-corrected chi connectivity index (χ0v) is 14.4. The van der Waals surface area contributed by atoms with Gasteiger partial charge in [0.2, 0.25) is 10.0 Å². The number of ketones is 1. The Kier molecular flexibility index (Phi) is 9.27. The molecular weight excluding hydrogens is 353 g/mol. The van der Waals surface area contributed by atoms with Crippen LogP contribution in [0, 0.1) is 6.92 Å². The van der Waals surface area contributed by atoms with Crippen LogP contribution in [0.1, 0.15) is 12.5 Å². The van der Waals surface area contributed by atoms with E-state index in [1.807, 2.05) is 6.92 Å². The van der Waals surface area contributed by atoms with E-state index in [1.54, 1.807) is 12.1 Å². The van der Waals surface area contributed by atoms with Crippen molar-refractivity contribution in [2.75, 3.05) is 11.8 Å². The van der Waals surface area contributed by atoms with Crippen LogP contribution in [0.2, 0.25) is 0 Å². The molecule has 0 spiro atoms. The maximum Gasteiger partial charge on any atom is 0.321 e. The first-order chi connectivity index (χ1) is 10.1. The summed E-state index contributed by atoms with van der Waals surface area (Å²) >= 11 is 10.0. The summed E-state index contributed by atoms with van der Waals surface area (Å²) in [4.78, 5) is 20.5. The van der Waals surface area contributed by atoms with Crippen LogP contribution in [0.3, 0.4) is 0 Å². The number of carbonyl (C=O) groups is 2. The number of Topliss-reactive ketones (excluding diaryl/α,β-unsaturated/α-hetero) is 1. The van der Waals surface area contributed by atoms with Gasteiger partial charge in [-0.25, -0.2) is 8.42 Å². The fraction of sp³-hybridized carbons (Fsp3) is 0.385. The summed E-state index contributed by atoms with van der Waals surface area (Å²) in [6, 6.07) is 5.03. The van der Waals surface area contributed by atoms with Gasteiger partial charge in [0.15, 0.2) is 5.78 Å². The topological polar surface area (TPSA) is 101 Å². The highest BCUT2D eigenvalue weighted by Crippen LogP contribution is 2.10. The van der Waals surface area contributed by atoms with Crippen molar-refractivity contribution >= 4 is 45.0 Å². The van der Waals surface area contributed by atoms with Crippen molar-refractivity contribution in [1.29, 1.82) is 0 Å². The van der Waals surface area contributed by atoms with E-state index in [9.17, 15) is 18.0 Å². The molecule has 0 unspecified atom stereocenters. The van der Waals surface area contributed by atoms with Gasteiger partial charge in [-0.1, -0.05) is 17.7 Å². The maximum atomic E-state index is 11.7. The maximum absolute atomic E-state index is 11.7. The van der Waals surface area contributed by atoms with Crippen LogP contribution in [0.25, 0.3) is 0 Å². The molecule has 22 heavy (non-hydrogen) atoms. The molecule has 2 N–H and O–H groups in total. The van der Waals surface area contributed by atoms with Gasteiger partial charge in [-0.05, 0) is 26.0 Å². The highest BCUT2D eigenvalue weighted by molar-refractivity contribution is 7.89. The summed E-state index contributed by atoms with van der Waals surface area (Å²) in [5, 5.41) is 8.61. The Morgan fingerprint density at radius 3 is 1.95 bits per heavy atom. The largest absolute Gasteiger partial charge is 0.480 e. The fourth-order valence-corrected chi connectivity index (χ4v) is 2.59. The number of carboxylic acids is 1. The van der Waals surface area contributed by atoms with Crippen LogP contribution in [-0.2, 0) is 19.6 Å². The van der Waals surface area contributed by atoms with Crippen molar-refractivity contribution in [1.82, 2.24) is 4.72 Å². The second-order valence-corrected chi connectivity index (χ2v) is 6.55. The molecule has 1 aromatic carbocycles. The predicted octanol–water partition coefficient (Wildman–Crippen LogP) is 1.78. The molecule has 1 atom stereocenters. The van der Waals surface area contributed by atoms with E-state index in [2.05, 4.69) is 4.72 Å². The SMILES string of the molecule is Cc1ccc(S(=O)(=O)N[C@@H](C)C(=O)O)cc1.O=C(CCl)CCl. The molecule has 0 heterocycles. The zero-order valence-electron chi connectivity index (χ0n) is 12.0. The minimum absolute atomic E-state index is 0.0312. The van der Waals surface area contributed by atoms with E-state index in [4.69, 9.17) is 28.3 Å². The molecule has 9 heteroatoms. The molecule has 0 aliphatic heterocycles. The van der Waals surface area contributed by atoms with Crippen LogP contribution < -0.4 is 4.72 Å². The zero-order chi connectivity index (χ0) is 17.3. The van der Waals surface area contributed by atoms with Gasteiger partial charge in [0.25, 0.3) is 0 Å². The first-order valence-corrected chi connectivity index (χ1v) is 8.64. The minimum Gasteiger partial charge on any atom is -0.480 e. The van der Waals surface area contributed by atoms with Crippen molar-refractivity contribution < 1.29 is 23.1 Å². The second kappa shape index (κ2) is 9.78. The number of sulfonamides is 1. The first kappa shape index (κ1) is 20.9. The number of alkyl halides is 2. The van der Waals surface area contributed by atoms with E-state index < -0.39 is 22.0 Å². The van der Waals surface area contributed by atoms with Crippen molar-refractivity contribution in [2.45, 2.75) is 24.8 Å². The number of nitrogens with one attached hydrogen (secondary N) is 1. The lowest BCUT2D eigenvalue weighted by Crippen LogP contribution is -2.38. The molecule has 0 saturated heterocycles. The molecule has 1 aromatic rings. The van der Waals surface area contributed by atoms with E-state index >= 15 is 0 Å². The molecule has 124 valence electrons. The number of hydrogen-bond donors (Lipinski definition) is 2. The van der Waals surface area contributed by atoms with Crippen molar-refractivity contribution in [3.8, 4) is 0 Å². The Morgan fingerprint density at radius 1 is 1.18 bits per heavy atom. The summed E-state index contributed by atoms with van der Waals surface area (Å²) in [5.41, 5.74) is 0.935. The summed E-state index contributed by atoms with van der Waals surface area (Å²) in [5.74, 6) is -1.28. The quantitative estimate of drug-likeness (QED) is 0.744. The monoisotopic (exact) mass is 369 g/mol. The lowest BCUT2D eigenvalue weighted by atomic mass is 10.2. The van der Waals surface area contributed by atoms with Gasteiger partial charge in [0.05, 0.1) is 16.7 Å². The lowest BCUT2D eigenvalue weighted by Gasteiger charge is -2.10. The molecule has 0 saturated carbocycles. The van der Waals surface area contributed by atoms with Gasteiger partial charge >= 0.3 is 5.97 Å². The smallest absolute Gasteiger partial charge is 0.321 e. The van der Waals surface area contributed by atoms with Crippen LogP contribution in [-0.4, -0.2) is 43.1 Å². The number of halogens is 2. The van der Waals surface area contributed by atoms with Crippen molar-refractivity contribution in [3.63, 3.8) is 0 Å². The molecular formula is C13H17Cl2NO5S. The van der Waals surface area contributed by atoms with E-state index in [-0.39, 0.29) is 22.4 Å². The van der Waals surface area contributed by atoms with E-state index in [1.165, 1.54) is 19.1 Å². The predicted molar refractivity (Wildman–Crippen MR) is 85.0 cm³/mol. The standard InChI is InChI=1S/C10H13NO4S.C3H4Cl2O/c1-7-3-5-9(6-4-7)16(14,15)11-8(2)10(12)13;4-1-3(6)2-5/h3-6,8,11H,1-2H3,(H,12,13);1-2H2/t8-;/m0./s1. The van der Waals surface area contributed by atoms with E-state index in [0.717, 1.165) is 5.56 Å². The third kappa shape index (κ3) is 7.74. The van der Waals surface area contributed by atoms with Crippen LogP contribution in [0.4, 0.5) is 0 Å². The molecule has 6 nitrogen and oxygen atoms in total. The first-order valence-electron chi connectivity index (χ1n) is 6.09. The van der Waals surface area contributed by atoms with Gasteiger partial charge in [-0.15, -0.1) is 23.2 Å². The normalized spacial score (nSPS) is 12.0. The van der Waals surface area contributed by atoms with Gasteiger partial charge < -0.3 is 5.11 Å². The number of aryl methyl sites for hydroxylation is 1. The van der Waals surface area contributed by atoms with Crippen LogP contribution >= 0.6 is 23.2 Å². The molecule has 0 aliphatic carbocycles. The Labute approximate surface area is 139 Å². The van der Waals surface area contributed by atoms with Crippen LogP contribution in [0.15, 0.2) is 29.2 Å². The van der Waals surface area contributed by atoms with E-state index in [0.29, 0.717) is 0 Å². The molecule has 0 amide bonds. The van der Waals surface area contributed by atoms with Gasteiger partial charge in [0.1, 0.15) is 6.04 Å². The van der Waals surface area contributed by atoms with Crippen molar-refractivity contribution in [3.05, 3.63) is 29.8 Å². The fourth-order valence-electron chi connectivity index (χ4n) is 1.10. The van der Waals surface area contributed by atoms with Gasteiger partial charge in [-0.3, -0.25) is 9.59 Å². The second-order valence-electron chi connectivity index (χ2n) is 4.30. The average molecular weight is 370 g/mol. The number of carbonyl (C=O) groups excluding carboxylic acids is 1. The Bertz CT molecular complexity index is 595. The van der Waals surface area contributed by atoms with Gasteiger partial charge in [0, 0.05) is 0 Å². The number of benzene rings is 1. The third-order valence-electron chi connectivity index (χ3n) is 2.33. The summed E-state index contributed by atoms with van der Waals surface area (Å²) in [7, 11) is -3.75.